The maximum absolute atomic E-state index is 12.4. The smallest absolute Gasteiger partial charge is 0.413 e. The van der Waals surface area contributed by atoms with E-state index in [4.69, 9.17) is 9.47 Å². The van der Waals surface area contributed by atoms with Crippen LogP contribution in [-0.2, 0) is 16.6 Å². The first-order chi connectivity index (χ1) is 15.9. The highest BCUT2D eigenvalue weighted by atomic mass is 16.6. The molecule has 2 aromatic heterocycles. The number of carboxylic acids is 1. The Morgan fingerprint density at radius 1 is 1.09 bits per heavy atom. The number of nitrogens with zero attached hydrogens (tertiary/aromatic N) is 4. The summed E-state index contributed by atoms with van der Waals surface area (Å²) in [6, 6.07) is 3.57. The van der Waals surface area contributed by atoms with E-state index in [1.165, 1.54) is 11.1 Å². The predicted molar refractivity (Wildman–Crippen MR) is 120 cm³/mol. The molecule has 2 aliphatic rings. The van der Waals surface area contributed by atoms with E-state index >= 15 is 0 Å². The second kappa shape index (κ2) is 10.2. The van der Waals surface area contributed by atoms with E-state index in [0.717, 1.165) is 38.5 Å². The lowest BCUT2D eigenvalue weighted by molar-refractivity contribution is -0.143. The molecule has 0 unspecified atom stereocenters. The lowest BCUT2D eigenvalue weighted by Gasteiger charge is -2.27. The first-order valence-electron chi connectivity index (χ1n) is 11.7. The molecular formula is C23H31N5O5. The highest BCUT2D eigenvalue weighted by Crippen LogP contribution is 2.31. The summed E-state index contributed by atoms with van der Waals surface area (Å²) in [5.74, 6) is -0.103. The quantitative estimate of drug-likeness (QED) is 0.664. The summed E-state index contributed by atoms with van der Waals surface area (Å²) in [5, 5.41) is 20.3. The van der Waals surface area contributed by atoms with Crippen LogP contribution in [0.4, 0.5) is 10.6 Å². The van der Waals surface area contributed by atoms with E-state index in [9.17, 15) is 14.7 Å². The predicted octanol–water partition coefficient (Wildman–Crippen LogP) is 4.09. The Bertz CT molecular complexity index is 1000. The number of aliphatic carboxylic acids is 1. The lowest BCUT2D eigenvalue weighted by atomic mass is 9.87. The highest BCUT2D eigenvalue weighted by molar-refractivity contribution is 5.88. The number of rotatable bonds is 6. The SMILES string of the molecule is Cc1nc(-c2nnn(C)c2NC(=O)OC2CCCCC2)ccc1O[C@H]1CCC[C@H](C(=O)O)C1. The molecule has 2 heterocycles. The fourth-order valence-electron chi connectivity index (χ4n) is 4.59. The first-order valence-corrected chi connectivity index (χ1v) is 11.7. The van der Waals surface area contributed by atoms with Gasteiger partial charge in [-0.2, -0.15) is 0 Å². The van der Waals surface area contributed by atoms with E-state index in [-0.39, 0.29) is 18.1 Å². The molecule has 2 saturated carbocycles. The zero-order valence-corrected chi connectivity index (χ0v) is 19.1. The van der Waals surface area contributed by atoms with E-state index in [0.29, 0.717) is 41.5 Å². The Kier molecular flexibility index (Phi) is 7.10. The monoisotopic (exact) mass is 457 g/mol. The van der Waals surface area contributed by atoms with Crippen LogP contribution in [0.3, 0.4) is 0 Å². The average molecular weight is 458 g/mol. The molecule has 0 bridgehead atoms. The summed E-state index contributed by atoms with van der Waals surface area (Å²) < 4.78 is 13.1. The summed E-state index contributed by atoms with van der Waals surface area (Å²) in [7, 11) is 1.69. The van der Waals surface area contributed by atoms with Crippen molar-refractivity contribution in [3.8, 4) is 17.1 Å². The molecular weight excluding hydrogens is 426 g/mol. The number of nitrogens with one attached hydrogen (secondary N) is 1. The van der Waals surface area contributed by atoms with Gasteiger partial charge in [-0.3, -0.25) is 10.1 Å². The van der Waals surface area contributed by atoms with Crippen molar-refractivity contribution in [1.82, 2.24) is 20.0 Å². The van der Waals surface area contributed by atoms with Crippen LogP contribution in [0.5, 0.6) is 5.75 Å². The molecule has 4 rings (SSSR count). The molecule has 1 amide bonds. The van der Waals surface area contributed by atoms with Crippen LogP contribution < -0.4 is 10.1 Å². The van der Waals surface area contributed by atoms with Gasteiger partial charge in [0.05, 0.1) is 23.4 Å². The number of carboxylic acid groups (broad SMARTS) is 1. The maximum atomic E-state index is 12.4. The number of hydrogen-bond acceptors (Lipinski definition) is 7. The minimum Gasteiger partial charge on any atom is -0.489 e. The molecule has 178 valence electrons. The van der Waals surface area contributed by atoms with Gasteiger partial charge in [-0.1, -0.05) is 11.6 Å². The topological polar surface area (TPSA) is 128 Å². The molecule has 10 nitrogen and oxygen atoms in total. The number of amides is 1. The number of carbonyl (C=O) groups is 2. The zero-order chi connectivity index (χ0) is 23.4. The van der Waals surface area contributed by atoms with Gasteiger partial charge in [0.1, 0.15) is 11.9 Å². The highest BCUT2D eigenvalue weighted by Gasteiger charge is 2.29. The number of aryl methyl sites for hydroxylation is 2. The van der Waals surface area contributed by atoms with Gasteiger partial charge in [0, 0.05) is 7.05 Å². The number of carbonyl (C=O) groups excluding carboxylic acids is 1. The molecule has 0 aromatic carbocycles. The molecule has 2 aromatic rings. The fourth-order valence-corrected chi connectivity index (χ4v) is 4.59. The van der Waals surface area contributed by atoms with Crippen LogP contribution in [0, 0.1) is 12.8 Å². The van der Waals surface area contributed by atoms with Gasteiger partial charge in [0.25, 0.3) is 0 Å². The van der Waals surface area contributed by atoms with Crippen LogP contribution >= 0.6 is 0 Å². The van der Waals surface area contributed by atoms with Gasteiger partial charge in [-0.15, -0.1) is 5.10 Å². The first kappa shape index (κ1) is 23.0. The Morgan fingerprint density at radius 2 is 1.85 bits per heavy atom. The molecule has 0 aliphatic heterocycles. The summed E-state index contributed by atoms with van der Waals surface area (Å²) in [6.07, 6.45) is 7.24. The number of hydrogen-bond donors (Lipinski definition) is 2. The third-order valence-electron chi connectivity index (χ3n) is 6.42. The van der Waals surface area contributed by atoms with Crippen LogP contribution in [0.25, 0.3) is 11.4 Å². The zero-order valence-electron chi connectivity index (χ0n) is 19.1. The van der Waals surface area contributed by atoms with Crippen molar-refractivity contribution in [3.63, 3.8) is 0 Å². The van der Waals surface area contributed by atoms with Crippen molar-refractivity contribution >= 4 is 17.9 Å². The van der Waals surface area contributed by atoms with Gasteiger partial charge in [-0.25, -0.2) is 14.5 Å². The number of anilines is 1. The maximum Gasteiger partial charge on any atom is 0.413 e. The lowest BCUT2D eigenvalue weighted by Crippen LogP contribution is -2.29. The number of aromatic nitrogens is 4. The Labute approximate surface area is 192 Å². The Morgan fingerprint density at radius 3 is 2.58 bits per heavy atom. The molecule has 2 N–H and O–H groups in total. The summed E-state index contributed by atoms with van der Waals surface area (Å²) in [6.45, 7) is 1.83. The van der Waals surface area contributed by atoms with Crippen molar-refractivity contribution in [2.75, 3.05) is 5.32 Å². The summed E-state index contributed by atoms with van der Waals surface area (Å²) in [4.78, 5) is 28.4. The van der Waals surface area contributed by atoms with E-state index in [1.54, 1.807) is 19.2 Å². The van der Waals surface area contributed by atoms with Gasteiger partial charge in [-0.05, 0) is 70.4 Å². The van der Waals surface area contributed by atoms with Gasteiger partial charge >= 0.3 is 12.1 Å². The minimum absolute atomic E-state index is 0.0549. The van der Waals surface area contributed by atoms with Crippen LogP contribution in [0.2, 0.25) is 0 Å². The molecule has 2 aliphatic carbocycles. The second-order valence-corrected chi connectivity index (χ2v) is 8.92. The molecule has 2 fully saturated rings. The number of pyridine rings is 1. The fraction of sp³-hybridized carbons (Fsp3) is 0.609. The molecule has 0 saturated heterocycles. The molecule has 0 spiro atoms. The largest absolute Gasteiger partial charge is 0.489 e. The molecule has 10 heteroatoms. The van der Waals surface area contributed by atoms with Crippen molar-refractivity contribution in [2.45, 2.75) is 76.9 Å². The standard InChI is InChI=1S/C23H31N5O5/c1-14-19(32-17-10-6-7-15(13-17)22(29)30)12-11-18(24-14)20-21(28(2)27-26-20)25-23(31)33-16-8-4-3-5-9-16/h11-12,15-17H,3-10,13H2,1-2H3,(H,25,31)(H,29,30)/t15-,17-/m0/s1. The average Bonchev–Trinajstić information content (AvgIpc) is 3.16. The normalized spacial score (nSPS) is 21.4. The van der Waals surface area contributed by atoms with Crippen molar-refractivity contribution in [1.29, 1.82) is 0 Å². The molecule has 0 radical (unpaired) electrons. The Balaban J connectivity index is 1.44. The van der Waals surface area contributed by atoms with Crippen molar-refractivity contribution in [2.24, 2.45) is 13.0 Å². The third-order valence-corrected chi connectivity index (χ3v) is 6.42. The van der Waals surface area contributed by atoms with Gasteiger partial charge in [0.15, 0.2) is 11.5 Å². The molecule has 2 atom stereocenters. The minimum atomic E-state index is -0.766. The van der Waals surface area contributed by atoms with Gasteiger partial charge < -0.3 is 14.6 Å². The van der Waals surface area contributed by atoms with E-state index in [1.807, 2.05) is 6.92 Å². The number of ether oxygens (including phenoxy) is 2. The summed E-state index contributed by atoms with van der Waals surface area (Å²) >= 11 is 0. The van der Waals surface area contributed by atoms with Crippen LogP contribution in [0.1, 0.15) is 63.5 Å². The third kappa shape index (κ3) is 5.61. The van der Waals surface area contributed by atoms with Crippen LogP contribution in [0.15, 0.2) is 12.1 Å². The Hall–Kier alpha value is -3.17. The molecule has 33 heavy (non-hydrogen) atoms. The van der Waals surface area contributed by atoms with Gasteiger partial charge in [0.2, 0.25) is 0 Å². The van der Waals surface area contributed by atoms with Crippen LogP contribution in [-0.4, -0.2) is 49.4 Å². The van der Waals surface area contributed by atoms with Crippen molar-refractivity contribution in [3.05, 3.63) is 17.8 Å². The second-order valence-electron chi connectivity index (χ2n) is 8.92. The van der Waals surface area contributed by atoms with Crippen molar-refractivity contribution < 1.29 is 24.2 Å². The summed E-state index contributed by atoms with van der Waals surface area (Å²) in [5.41, 5.74) is 1.65. The van der Waals surface area contributed by atoms with E-state index in [2.05, 4.69) is 20.6 Å². The van der Waals surface area contributed by atoms with E-state index < -0.39 is 12.1 Å².